The molecule has 0 saturated heterocycles. The number of hydrogen-bond donors (Lipinski definition) is 1. The zero-order chi connectivity index (χ0) is 12.5. The molecule has 0 fully saturated rings. The lowest BCUT2D eigenvalue weighted by molar-refractivity contribution is 0.876. The Morgan fingerprint density at radius 1 is 1.22 bits per heavy atom. The van der Waals surface area contributed by atoms with Crippen LogP contribution < -0.4 is 5.73 Å². The summed E-state index contributed by atoms with van der Waals surface area (Å²) < 4.78 is 2.02. The summed E-state index contributed by atoms with van der Waals surface area (Å²) in [6.07, 6.45) is 1.77. The molecule has 18 heavy (non-hydrogen) atoms. The van der Waals surface area contributed by atoms with Crippen LogP contribution in [0.5, 0.6) is 0 Å². The number of pyridine rings is 1. The van der Waals surface area contributed by atoms with Gasteiger partial charge in [0.25, 0.3) is 0 Å². The molecule has 2 N–H and O–H groups in total. The van der Waals surface area contributed by atoms with Gasteiger partial charge in [-0.05, 0) is 36.8 Å². The molecule has 1 aromatic carbocycles. The van der Waals surface area contributed by atoms with Crippen molar-refractivity contribution in [2.75, 3.05) is 0 Å². The van der Waals surface area contributed by atoms with Crippen LogP contribution >= 0.6 is 0 Å². The number of nitrogens with zero attached hydrogens (tertiary/aromatic N) is 3. The lowest BCUT2D eigenvalue weighted by Crippen LogP contribution is -2.07. The van der Waals surface area contributed by atoms with Gasteiger partial charge in [-0.1, -0.05) is 12.1 Å². The number of aromatic nitrogens is 3. The molecule has 0 radical (unpaired) electrons. The summed E-state index contributed by atoms with van der Waals surface area (Å²) in [5.74, 6) is 0.828. The number of nitrogens with two attached hydrogens (primary N) is 1. The van der Waals surface area contributed by atoms with Gasteiger partial charge in [-0.2, -0.15) is 0 Å². The molecule has 0 aliphatic carbocycles. The third kappa shape index (κ3) is 1.67. The van der Waals surface area contributed by atoms with Gasteiger partial charge in [0.15, 0.2) is 5.65 Å². The minimum atomic E-state index is 0.393. The summed E-state index contributed by atoms with van der Waals surface area (Å²) in [4.78, 5) is 8.91. The van der Waals surface area contributed by atoms with Gasteiger partial charge in [0.2, 0.25) is 0 Å². The topological polar surface area (TPSA) is 56.7 Å². The normalized spacial score (nSPS) is 11.0. The van der Waals surface area contributed by atoms with Crippen molar-refractivity contribution >= 4 is 11.2 Å². The van der Waals surface area contributed by atoms with E-state index >= 15 is 0 Å². The average molecular weight is 238 g/mol. The maximum atomic E-state index is 5.78. The summed E-state index contributed by atoms with van der Waals surface area (Å²) >= 11 is 0. The van der Waals surface area contributed by atoms with E-state index in [1.54, 1.807) is 6.20 Å². The largest absolute Gasteiger partial charge is 0.324 e. The van der Waals surface area contributed by atoms with Crippen LogP contribution in [0.4, 0.5) is 0 Å². The number of aryl methyl sites for hydroxylation is 1. The molecule has 2 aromatic heterocycles. The highest BCUT2D eigenvalue weighted by Crippen LogP contribution is 2.20. The van der Waals surface area contributed by atoms with Crippen molar-refractivity contribution in [3.8, 4) is 5.69 Å². The molecule has 0 atom stereocenters. The van der Waals surface area contributed by atoms with Gasteiger partial charge in [-0.15, -0.1) is 0 Å². The Labute approximate surface area is 105 Å². The van der Waals surface area contributed by atoms with E-state index < -0.39 is 0 Å². The summed E-state index contributed by atoms with van der Waals surface area (Å²) in [6, 6.07) is 12.1. The molecular formula is C14H14N4. The van der Waals surface area contributed by atoms with E-state index in [2.05, 4.69) is 29.0 Å². The molecule has 0 unspecified atom stereocenters. The van der Waals surface area contributed by atoms with Crippen LogP contribution in [0.2, 0.25) is 0 Å². The minimum Gasteiger partial charge on any atom is -0.324 e. The molecule has 0 saturated carbocycles. The molecule has 0 aliphatic rings. The zero-order valence-electron chi connectivity index (χ0n) is 10.2. The number of imidazole rings is 1. The molecule has 4 nitrogen and oxygen atoms in total. The van der Waals surface area contributed by atoms with E-state index in [9.17, 15) is 0 Å². The van der Waals surface area contributed by atoms with Crippen molar-refractivity contribution in [2.24, 2.45) is 5.73 Å². The first-order valence-corrected chi connectivity index (χ1v) is 5.89. The Kier molecular flexibility index (Phi) is 2.57. The van der Waals surface area contributed by atoms with Crippen LogP contribution in [0.25, 0.3) is 16.9 Å². The van der Waals surface area contributed by atoms with Crippen molar-refractivity contribution in [1.82, 2.24) is 14.5 Å². The predicted molar refractivity (Wildman–Crippen MR) is 71.5 cm³/mol. The van der Waals surface area contributed by atoms with Gasteiger partial charge in [-0.25, -0.2) is 9.97 Å². The number of benzene rings is 1. The van der Waals surface area contributed by atoms with Gasteiger partial charge in [0.05, 0.1) is 6.54 Å². The van der Waals surface area contributed by atoms with Gasteiger partial charge < -0.3 is 5.73 Å². The highest BCUT2D eigenvalue weighted by molar-refractivity contribution is 5.73. The molecule has 3 aromatic rings. The maximum absolute atomic E-state index is 5.78. The van der Waals surface area contributed by atoms with Gasteiger partial charge in [-0.3, -0.25) is 4.57 Å². The Morgan fingerprint density at radius 2 is 2.11 bits per heavy atom. The number of rotatable bonds is 2. The highest BCUT2D eigenvalue weighted by Gasteiger charge is 2.11. The Balaban J connectivity index is 2.33. The molecular weight excluding hydrogens is 224 g/mol. The molecule has 2 heterocycles. The lowest BCUT2D eigenvalue weighted by atomic mass is 10.2. The zero-order valence-corrected chi connectivity index (χ0v) is 10.2. The highest BCUT2D eigenvalue weighted by atomic mass is 15.1. The molecule has 0 spiro atoms. The second kappa shape index (κ2) is 4.23. The molecule has 0 amide bonds. The summed E-state index contributed by atoms with van der Waals surface area (Å²) in [7, 11) is 0. The first kappa shape index (κ1) is 10.9. The maximum Gasteiger partial charge on any atom is 0.164 e. The van der Waals surface area contributed by atoms with E-state index in [0.29, 0.717) is 6.54 Å². The van der Waals surface area contributed by atoms with Crippen LogP contribution in [0.1, 0.15) is 11.4 Å². The predicted octanol–water partition coefficient (Wildman–Crippen LogP) is 2.19. The average Bonchev–Trinajstić information content (AvgIpc) is 2.77. The van der Waals surface area contributed by atoms with Crippen molar-refractivity contribution < 1.29 is 0 Å². The smallest absolute Gasteiger partial charge is 0.164 e. The van der Waals surface area contributed by atoms with Crippen LogP contribution in [0, 0.1) is 6.92 Å². The van der Waals surface area contributed by atoms with Crippen LogP contribution in [-0.4, -0.2) is 14.5 Å². The first-order chi connectivity index (χ1) is 8.79. The fourth-order valence-corrected chi connectivity index (χ4v) is 2.13. The summed E-state index contributed by atoms with van der Waals surface area (Å²) in [5.41, 5.74) is 9.76. The monoisotopic (exact) mass is 238 g/mol. The molecule has 0 aliphatic heterocycles. The van der Waals surface area contributed by atoms with Crippen LogP contribution in [0.15, 0.2) is 42.6 Å². The fraction of sp³-hybridized carbons (Fsp3) is 0.143. The Bertz CT molecular complexity index is 700. The van der Waals surface area contributed by atoms with Crippen molar-refractivity contribution in [3.63, 3.8) is 0 Å². The third-order valence-electron chi connectivity index (χ3n) is 2.93. The Morgan fingerprint density at radius 3 is 2.89 bits per heavy atom. The quantitative estimate of drug-likeness (QED) is 0.744. The van der Waals surface area contributed by atoms with E-state index in [1.165, 1.54) is 5.56 Å². The third-order valence-corrected chi connectivity index (χ3v) is 2.93. The van der Waals surface area contributed by atoms with Crippen LogP contribution in [0.3, 0.4) is 0 Å². The van der Waals surface area contributed by atoms with Crippen molar-refractivity contribution in [3.05, 3.63) is 54.0 Å². The molecule has 3 rings (SSSR count). The van der Waals surface area contributed by atoms with E-state index in [0.717, 1.165) is 22.7 Å². The number of fused-ring (bicyclic) bond motifs is 1. The molecule has 4 heteroatoms. The van der Waals surface area contributed by atoms with E-state index in [1.807, 2.05) is 28.8 Å². The van der Waals surface area contributed by atoms with Gasteiger partial charge in [0, 0.05) is 11.9 Å². The van der Waals surface area contributed by atoms with E-state index in [-0.39, 0.29) is 0 Å². The van der Waals surface area contributed by atoms with Gasteiger partial charge in [0.1, 0.15) is 11.3 Å². The molecule has 0 bridgehead atoms. The first-order valence-electron chi connectivity index (χ1n) is 5.89. The number of hydrogen-bond acceptors (Lipinski definition) is 3. The second-order valence-electron chi connectivity index (χ2n) is 4.25. The van der Waals surface area contributed by atoms with Gasteiger partial charge >= 0.3 is 0 Å². The fourth-order valence-electron chi connectivity index (χ4n) is 2.13. The molecule has 90 valence electrons. The summed E-state index contributed by atoms with van der Waals surface area (Å²) in [5, 5.41) is 0. The second-order valence-corrected chi connectivity index (χ2v) is 4.25. The lowest BCUT2D eigenvalue weighted by Gasteiger charge is -2.07. The minimum absolute atomic E-state index is 0.393. The standard InChI is InChI=1S/C14H14N4/c1-10-4-2-5-11(8-10)18-13(9-15)17-12-6-3-7-16-14(12)18/h2-8H,9,15H2,1H3. The van der Waals surface area contributed by atoms with Crippen molar-refractivity contribution in [1.29, 1.82) is 0 Å². The summed E-state index contributed by atoms with van der Waals surface area (Å²) in [6.45, 7) is 2.46. The van der Waals surface area contributed by atoms with E-state index in [4.69, 9.17) is 5.73 Å². The van der Waals surface area contributed by atoms with Crippen LogP contribution in [-0.2, 0) is 6.54 Å². The Hall–Kier alpha value is -2.20. The SMILES string of the molecule is Cc1cccc(-n2c(CN)nc3cccnc32)c1. The van der Waals surface area contributed by atoms with Crippen molar-refractivity contribution in [2.45, 2.75) is 13.5 Å².